The Hall–Kier alpha value is -3.75. The molecule has 2 aromatic carbocycles. The van der Waals surface area contributed by atoms with Crippen LogP contribution in [-0.2, 0) is 14.2 Å². The van der Waals surface area contributed by atoms with E-state index in [1.807, 2.05) is 0 Å². The summed E-state index contributed by atoms with van der Waals surface area (Å²) in [6, 6.07) is 5.17. The van der Waals surface area contributed by atoms with Crippen LogP contribution in [0.25, 0.3) is 22.3 Å². The van der Waals surface area contributed by atoms with E-state index < -0.39 is 120 Å². The normalized spacial score (nSPS) is 32.5. The molecule has 0 saturated carbocycles. The van der Waals surface area contributed by atoms with Gasteiger partial charge in [-0.3, -0.25) is 4.79 Å². The van der Waals surface area contributed by atoms with Crippen LogP contribution in [0.5, 0.6) is 28.7 Å². The Morgan fingerprint density at radius 1 is 0.705 bits per heavy atom. The van der Waals surface area contributed by atoms with E-state index in [0.29, 0.717) is 0 Å². The lowest BCUT2D eigenvalue weighted by Gasteiger charge is -2.45. The highest BCUT2D eigenvalue weighted by atomic mass is 16.7. The first kappa shape index (κ1) is 31.7. The summed E-state index contributed by atoms with van der Waals surface area (Å²) in [4.78, 5) is 13.6. The van der Waals surface area contributed by atoms with Crippen molar-refractivity contribution in [3.63, 3.8) is 0 Å². The van der Waals surface area contributed by atoms with E-state index in [0.717, 1.165) is 24.3 Å². The molecule has 5 rings (SSSR count). The van der Waals surface area contributed by atoms with Crippen molar-refractivity contribution in [1.29, 1.82) is 0 Å². The molecule has 0 unspecified atom stereocenters. The summed E-state index contributed by atoms with van der Waals surface area (Å²) in [5.74, 6) is -3.44. The summed E-state index contributed by atoms with van der Waals surface area (Å²) < 4.78 is 27.8. The zero-order chi connectivity index (χ0) is 32.0. The quantitative estimate of drug-likeness (QED) is 0.119. The lowest BCUT2D eigenvalue weighted by atomic mass is 9.97. The minimum absolute atomic E-state index is 0.0504. The van der Waals surface area contributed by atoms with E-state index in [4.69, 9.17) is 23.4 Å². The average molecular weight is 627 g/mol. The van der Waals surface area contributed by atoms with E-state index in [1.165, 1.54) is 6.07 Å². The van der Waals surface area contributed by atoms with Crippen molar-refractivity contribution in [3.8, 4) is 40.1 Å². The zero-order valence-electron chi connectivity index (χ0n) is 22.4. The van der Waals surface area contributed by atoms with E-state index in [1.54, 1.807) is 0 Å². The molecule has 1 aromatic heterocycles. The van der Waals surface area contributed by atoms with Crippen LogP contribution < -0.4 is 10.2 Å². The summed E-state index contributed by atoms with van der Waals surface area (Å²) in [5.41, 5.74) is -1.41. The standard InChI is InChI=1S/C27H30O17/c28-6-14-17(34)19(36)21(38)26(41-14)43-24-15(7-29)42-27(22(39)20(24)37)44-25-18(35)16-12(33)4-9(30)5-13(16)40-23(25)8-1-2-10(31)11(32)3-8/h1-5,14-15,17,19-22,24,26-34,36-39H,6-7H2/t14-,15+,17-,19-,20+,21+,22+,24+,26+,27-/m1/s1. The van der Waals surface area contributed by atoms with Crippen molar-refractivity contribution >= 4 is 11.0 Å². The number of ether oxygens (including phenoxy) is 4. The number of hydrogen-bond donors (Lipinski definition) is 11. The fourth-order valence-electron chi connectivity index (χ4n) is 5.00. The molecule has 0 radical (unpaired) electrons. The Morgan fingerprint density at radius 3 is 2.02 bits per heavy atom. The van der Waals surface area contributed by atoms with E-state index in [9.17, 15) is 61.0 Å². The third kappa shape index (κ3) is 5.61. The van der Waals surface area contributed by atoms with Crippen LogP contribution >= 0.6 is 0 Å². The second kappa shape index (κ2) is 12.3. The maximum absolute atomic E-state index is 13.6. The van der Waals surface area contributed by atoms with Crippen LogP contribution in [0, 0.1) is 0 Å². The van der Waals surface area contributed by atoms with Gasteiger partial charge < -0.3 is 79.5 Å². The van der Waals surface area contributed by atoms with Crippen LogP contribution in [0.1, 0.15) is 0 Å². The number of aromatic hydroxyl groups is 4. The third-order valence-corrected chi connectivity index (χ3v) is 7.35. The maximum Gasteiger partial charge on any atom is 0.239 e. The Morgan fingerprint density at radius 2 is 1.36 bits per heavy atom. The molecule has 0 amide bonds. The molecular formula is C27H30O17. The van der Waals surface area contributed by atoms with Crippen LogP contribution in [0.15, 0.2) is 39.5 Å². The molecule has 44 heavy (non-hydrogen) atoms. The maximum atomic E-state index is 13.6. The Bertz CT molecular complexity index is 1550. The number of hydrogen-bond acceptors (Lipinski definition) is 17. The predicted molar refractivity (Wildman–Crippen MR) is 142 cm³/mol. The molecule has 2 aliphatic rings. The van der Waals surface area contributed by atoms with Gasteiger partial charge in [-0.2, -0.15) is 0 Å². The third-order valence-electron chi connectivity index (χ3n) is 7.35. The van der Waals surface area contributed by atoms with E-state index in [2.05, 4.69) is 0 Å². The monoisotopic (exact) mass is 626 g/mol. The topological polar surface area (TPSA) is 290 Å². The number of aliphatic hydroxyl groups is 7. The fraction of sp³-hybridized carbons (Fsp3) is 0.444. The molecule has 240 valence electrons. The lowest BCUT2D eigenvalue weighted by molar-refractivity contribution is -0.352. The first-order valence-electron chi connectivity index (χ1n) is 13.2. The molecule has 10 atom stereocenters. The predicted octanol–water partition coefficient (Wildman–Crippen LogP) is -2.71. The summed E-state index contributed by atoms with van der Waals surface area (Å²) in [6.45, 7) is -1.67. The van der Waals surface area contributed by atoms with Crippen LogP contribution in [0.4, 0.5) is 0 Å². The summed E-state index contributed by atoms with van der Waals surface area (Å²) in [7, 11) is 0. The van der Waals surface area contributed by atoms with Crippen molar-refractivity contribution in [2.75, 3.05) is 13.2 Å². The highest BCUT2D eigenvalue weighted by Gasteiger charge is 2.51. The van der Waals surface area contributed by atoms with E-state index in [-0.39, 0.29) is 11.1 Å². The summed E-state index contributed by atoms with van der Waals surface area (Å²) in [5, 5.41) is 111. The van der Waals surface area contributed by atoms with Crippen molar-refractivity contribution in [2.45, 2.75) is 61.4 Å². The summed E-state index contributed by atoms with van der Waals surface area (Å²) >= 11 is 0. The van der Waals surface area contributed by atoms with E-state index >= 15 is 0 Å². The molecular weight excluding hydrogens is 596 g/mol. The van der Waals surface area contributed by atoms with Crippen LogP contribution in [-0.4, -0.2) is 131 Å². The van der Waals surface area contributed by atoms with Gasteiger partial charge in [0, 0.05) is 17.7 Å². The second-order valence-corrected chi connectivity index (χ2v) is 10.3. The number of benzene rings is 2. The second-order valence-electron chi connectivity index (χ2n) is 10.3. The molecule has 17 heteroatoms. The minimum atomic E-state index is -2.04. The SMILES string of the molecule is O=c1c(O[C@H]2O[C@@H](CO)[C@H](O[C@@H]3O[C@H](CO)[C@@H](O)[C@@H](O)[C@@H]3O)[C@@H](O)[C@@H]2O)c(-c2ccc(O)c(O)c2)oc2cc(O)cc(O)c12. The van der Waals surface area contributed by atoms with Gasteiger partial charge in [0.05, 0.1) is 13.2 Å². The molecule has 0 bridgehead atoms. The van der Waals surface area contributed by atoms with Gasteiger partial charge in [0.2, 0.25) is 17.5 Å². The number of phenolic OH excluding ortho intramolecular Hbond substituents is 4. The molecule has 3 heterocycles. The number of fused-ring (bicyclic) bond motifs is 1. The molecule has 11 N–H and O–H groups in total. The van der Waals surface area contributed by atoms with Gasteiger partial charge in [-0.05, 0) is 18.2 Å². The largest absolute Gasteiger partial charge is 0.508 e. The molecule has 0 spiro atoms. The minimum Gasteiger partial charge on any atom is -0.508 e. The van der Waals surface area contributed by atoms with Gasteiger partial charge in [-0.15, -0.1) is 0 Å². The first-order valence-corrected chi connectivity index (χ1v) is 13.2. The van der Waals surface area contributed by atoms with Crippen molar-refractivity contribution in [3.05, 3.63) is 40.6 Å². The highest BCUT2D eigenvalue weighted by Crippen LogP contribution is 2.39. The molecule has 2 fully saturated rings. The number of rotatable bonds is 7. The summed E-state index contributed by atoms with van der Waals surface area (Å²) in [6.07, 6.45) is -17.7. The fourth-order valence-corrected chi connectivity index (χ4v) is 5.00. The Labute approximate surface area is 246 Å². The Kier molecular flexibility index (Phi) is 8.87. The molecule has 2 aliphatic heterocycles. The van der Waals surface area contributed by atoms with Gasteiger partial charge >= 0.3 is 0 Å². The van der Waals surface area contributed by atoms with Gasteiger partial charge in [-0.25, -0.2) is 0 Å². The van der Waals surface area contributed by atoms with Crippen LogP contribution in [0.2, 0.25) is 0 Å². The Balaban J connectivity index is 1.49. The lowest BCUT2D eigenvalue weighted by Crippen LogP contribution is -2.65. The molecule has 2 saturated heterocycles. The van der Waals surface area contributed by atoms with Gasteiger partial charge in [0.25, 0.3) is 0 Å². The number of phenols is 4. The van der Waals surface area contributed by atoms with Crippen molar-refractivity contribution in [1.82, 2.24) is 0 Å². The van der Waals surface area contributed by atoms with Gasteiger partial charge in [0.15, 0.2) is 23.5 Å². The van der Waals surface area contributed by atoms with Crippen molar-refractivity contribution in [2.24, 2.45) is 0 Å². The first-order chi connectivity index (χ1) is 20.9. The van der Waals surface area contributed by atoms with Crippen molar-refractivity contribution < 1.29 is 79.5 Å². The smallest absolute Gasteiger partial charge is 0.239 e. The van der Waals surface area contributed by atoms with Gasteiger partial charge in [0.1, 0.15) is 71.3 Å². The molecule has 17 nitrogen and oxygen atoms in total. The van der Waals surface area contributed by atoms with Crippen LogP contribution in [0.3, 0.4) is 0 Å². The zero-order valence-corrected chi connectivity index (χ0v) is 22.4. The number of aliphatic hydroxyl groups excluding tert-OH is 7. The van der Waals surface area contributed by atoms with Gasteiger partial charge in [-0.1, -0.05) is 0 Å². The average Bonchev–Trinajstić information content (AvgIpc) is 2.98. The molecule has 0 aliphatic carbocycles. The molecule has 3 aromatic rings. The highest BCUT2D eigenvalue weighted by molar-refractivity contribution is 5.88.